The fraction of sp³-hybridized carbons (Fsp3) is 0.731. The van der Waals surface area contributed by atoms with Gasteiger partial charge in [-0.25, -0.2) is 4.79 Å². The zero-order chi connectivity index (χ0) is 22.5. The molecule has 2 aliphatic rings. The molecule has 4 rings (SSSR count). The van der Waals surface area contributed by atoms with Crippen molar-refractivity contribution < 1.29 is 5.11 Å². The van der Waals surface area contributed by atoms with Crippen LogP contribution in [0, 0.1) is 11.8 Å². The van der Waals surface area contributed by atoms with E-state index < -0.39 is 0 Å². The number of likely N-dealkylation sites (N-methyl/N-ethyl adjacent to an activating group) is 1. The normalized spacial score (nSPS) is 24.1. The van der Waals surface area contributed by atoms with Crippen LogP contribution in [0.25, 0.3) is 11.0 Å². The smallest absolute Gasteiger partial charge is 0.329 e. The van der Waals surface area contributed by atoms with Crippen LogP contribution in [0.4, 0.5) is 0 Å². The summed E-state index contributed by atoms with van der Waals surface area (Å²) < 4.78 is 3.92. The monoisotopic (exact) mass is 442 g/mol. The molecule has 178 valence electrons. The molecule has 0 amide bonds. The van der Waals surface area contributed by atoms with Crippen LogP contribution in [0.2, 0.25) is 0 Å². The Morgan fingerprint density at radius 3 is 2.38 bits per heavy atom. The van der Waals surface area contributed by atoms with Crippen molar-refractivity contribution in [2.75, 3.05) is 46.9 Å². The number of piperidine rings is 1. The van der Waals surface area contributed by atoms with Gasteiger partial charge in [-0.1, -0.05) is 44.2 Å². The number of aliphatic hydroxyl groups is 1. The molecule has 2 unspecified atom stereocenters. The van der Waals surface area contributed by atoms with Gasteiger partial charge in [0.2, 0.25) is 0 Å². The summed E-state index contributed by atoms with van der Waals surface area (Å²) in [5.41, 5.74) is 2.09. The maximum Gasteiger partial charge on any atom is 0.329 e. The molecule has 2 atom stereocenters. The van der Waals surface area contributed by atoms with Crippen LogP contribution < -0.4 is 5.69 Å². The molecule has 6 nitrogen and oxygen atoms in total. The van der Waals surface area contributed by atoms with E-state index in [1.807, 2.05) is 35.4 Å². The van der Waals surface area contributed by atoms with Crippen LogP contribution in [0.15, 0.2) is 29.1 Å². The van der Waals surface area contributed by atoms with Gasteiger partial charge < -0.3 is 14.9 Å². The predicted molar refractivity (Wildman–Crippen MR) is 131 cm³/mol. The highest BCUT2D eigenvalue weighted by atomic mass is 16.3. The number of benzene rings is 1. The molecule has 0 bridgehead atoms. The molecule has 1 aromatic heterocycles. The van der Waals surface area contributed by atoms with Gasteiger partial charge in [0, 0.05) is 51.3 Å². The van der Waals surface area contributed by atoms with E-state index in [1.165, 1.54) is 44.9 Å². The van der Waals surface area contributed by atoms with Gasteiger partial charge in [0.05, 0.1) is 11.0 Å². The maximum atomic E-state index is 13.5. The minimum atomic E-state index is 0.0617. The van der Waals surface area contributed by atoms with Crippen LogP contribution in [-0.2, 0) is 6.54 Å². The Balaban J connectivity index is 1.53. The van der Waals surface area contributed by atoms with E-state index in [2.05, 4.69) is 21.9 Å². The number of fused-ring (bicyclic) bond motifs is 1. The average molecular weight is 443 g/mol. The molecule has 1 aromatic carbocycles. The van der Waals surface area contributed by atoms with Gasteiger partial charge in [-0.15, -0.1) is 0 Å². The molecular weight excluding hydrogens is 400 g/mol. The lowest BCUT2D eigenvalue weighted by molar-refractivity contribution is 0.0646. The summed E-state index contributed by atoms with van der Waals surface area (Å²) in [7, 11) is 4.08. The first kappa shape index (κ1) is 23.5. The zero-order valence-electron chi connectivity index (χ0n) is 20.1. The van der Waals surface area contributed by atoms with Gasteiger partial charge in [-0.05, 0) is 51.4 Å². The van der Waals surface area contributed by atoms with Crippen LogP contribution in [-0.4, -0.2) is 70.9 Å². The van der Waals surface area contributed by atoms with Gasteiger partial charge in [0.15, 0.2) is 0 Å². The minimum absolute atomic E-state index is 0.0617. The second-order valence-corrected chi connectivity index (χ2v) is 10.4. The van der Waals surface area contributed by atoms with Crippen LogP contribution >= 0.6 is 0 Å². The summed E-state index contributed by atoms with van der Waals surface area (Å²) in [6.45, 7) is 4.71. The molecular formula is C26H42N4O2. The molecule has 2 heterocycles. The topological polar surface area (TPSA) is 53.6 Å². The highest BCUT2D eigenvalue weighted by molar-refractivity contribution is 5.76. The second kappa shape index (κ2) is 11.0. The Kier molecular flexibility index (Phi) is 8.08. The Morgan fingerprint density at radius 2 is 1.69 bits per heavy atom. The first-order chi connectivity index (χ1) is 15.6. The highest BCUT2D eigenvalue weighted by Gasteiger charge is 2.33. The van der Waals surface area contributed by atoms with Crippen molar-refractivity contribution in [2.24, 2.45) is 11.8 Å². The van der Waals surface area contributed by atoms with E-state index in [4.69, 9.17) is 0 Å². The SMILES string of the molecule is CN(C)CCn1c(=O)n(C2CCN(CC3CCCCCCC3)CC2CO)c2ccccc21. The number of likely N-dealkylation sites (tertiary alicyclic amines) is 1. The van der Waals surface area contributed by atoms with Crippen molar-refractivity contribution in [1.82, 2.24) is 18.9 Å². The Bertz CT molecular complexity index is 910. The average Bonchev–Trinajstić information content (AvgIpc) is 3.05. The van der Waals surface area contributed by atoms with Crippen LogP contribution in [0.3, 0.4) is 0 Å². The van der Waals surface area contributed by atoms with Gasteiger partial charge in [-0.3, -0.25) is 9.13 Å². The van der Waals surface area contributed by atoms with Crippen molar-refractivity contribution >= 4 is 11.0 Å². The van der Waals surface area contributed by atoms with E-state index in [1.54, 1.807) is 0 Å². The first-order valence-corrected chi connectivity index (χ1v) is 12.8. The number of imidazole rings is 1. The summed E-state index contributed by atoms with van der Waals surface area (Å²) in [5.74, 6) is 0.893. The van der Waals surface area contributed by atoms with Crippen molar-refractivity contribution in [1.29, 1.82) is 0 Å². The second-order valence-electron chi connectivity index (χ2n) is 10.4. The summed E-state index contributed by atoms with van der Waals surface area (Å²) in [6, 6.07) is 8.22. The highest BCUT2D eigenvalue weighted by Crippen LogP contribution is 2.32. The summed E-state index contributed by atoms with van der Waals surface area (Å²) in [5, 5.41) is 10.3. The Hall–Kier alpha value is -1.63. The molecule has 6 heteroatoms. The quantitative estimate of drug-likeness (QED) is 0.712. The Labute approximate surface area is 192 Å². The molecule has 0 radical (unpaired) electrons. The lowest BCUT2D eigenvalue weighted by atomic mass is 9.88. The maximum absolute atomic E-state index is 13.5. The number of rotatable bonds is 7. The summed E-state index contributed by atoms with van der Waals surface area (Å²) >= 11 is 0. The number of aliphatic hydroxyl groups excluding tert-OH is 1. The lowest BCUT2D eigenvalue weighted by Gasteiger charge is -2.40. The largest absolute Gasteiger partial charge is 0.396 e. The van der Waals surface area contributed by atoms with E-state index in [0.717, 1.165) is 49.6 Å². The van der Waals surface area contributed by atoms with Crippen LogP contribution in [0.5, 0.6) is 0 Å². The van der Waals surface area contributed by atoms with Gasteiger partial charge in [-0.2, -0.15) is 0 Å². The van der Waals surface area contributed by atoms with Crippen molar-refractivity contribution in [3.05, 3.63) is 34.7 Å². The molecule has 32 heavy (non-hydrogen) atoms. The van der Waals surface area contributed by atoms with E-state index in [9.17, 15) is 9.90 Å². The molecule has 0 spiro atoms. The molecule has 1 aliphatic heterocycles. The third-order valence-electron chi connectivity index (χ3n) is 7.73. The van der Waals surface area contributed by atoms with Crippen molar-refractivity contribution in [3.63, 3.8) is 0 Å². The molecule has 1 N–H and O–H groups in total. The first-order valence-electron chi connectivity index (χ1n) is 12.8. The molecule has 1 saturated heterocycles. The number of aromatic nitrogens is 2. The summed E-state index contributed by atoms with van der Waals surface area (Å²) in [6.07, 6.45) is 10.5. The Morgan fingerprint density at radius 1 is 1.00 bits per heavy atom. The summed E-state index contributed by atoms with van der Waals surface area (Å²) in [4.78, 5) is 18.2. The number of hydrogen-bond acceptors (Lipinski definition) is 4. The van der Waals surface area contributed by atoms with E-state index in [0.29, 0.717) is 6.54 Å². The van der Waals surface area contributed by atoms with Crippen LogP contribution in [0.1, 0.15) is 57.4 Å². The van der Waals surface area contributed by atoms with Gasteiger partial charge in [0.25, 0.3) is 0 Å². The van der Waals surface area contributed by atoms with Gasteiger partial charge >= 0.3 is 5.69 Å². The molecule has 2 fully saturated rings. The predicted octanol–water partition coefficient (Wildman–Crippen LogP) is 3.58. The van der Waals surface area contributed by atoms with Crippen molar-refractivity contribution in [3.8, 4) is 0 Å². The molecule has 1 saturated carbocycles. The van der Waals surface area contributed by atoms with E-state index in [-0.39, 0.29) is 24.3 Å². The molecule has 2 aromatic rings. The number of hydrogen-bond donors (Lipinski definition) is 1. The number of nitrogens with zero attached hydrogens (tertiary/aromatic N) is 4. The van der Waals surface area contributed by atoms with E-state index >= 15 is 0 Å². The minimum Gasteiger partial charge on any atom is -0.396 e. The zero-order valence-corrected chi connectivity index (χ0v) is 20.1. The van der Waals surface area contributed by atoms with Crippen molar-refractivity contribution in [2.45, 2.75) is 64.0 Å². The molecule has 1 aliphatic carbocycles. The third-order valence-corrected chi connectivity index (χ3v) is 7.73. The fourth-order valence-corrected chi connectivity index (χ4v) is 5.94. The third kappa shape index (κ3) is 5.29. The van der Waals surface area contributed by atoms with Gasteiger partial charge in [0.1, 0.15) is 0 Å². The standard InChI is InChI=1S/C26H42N4O2/c1-27(2)16-17-29-24-12-8-9-13-25(24)30(26(29)32)23-14-15-28(19-22(23)20-31)18-21-10-6-4-3-5-7-11-21/h8-9,12-13,21-23,31H,3-7,10-11,14-20H2,1-2H3. The number of para-hydroxylation sites is 2. The fourth-order valence-electron chi connectivity index (χ4n) is 5.94. The lowest BCUT2D eigenvalue weighted by Crippen LogP contribution is -2.46.